The first kappa shape index (κ1) is 14.1. The van der Waals surface area contributed by atoms with Gasteiger partial charge in [0.1, 0.15) is 5.82 Å². The van der Waals surface area contributed by atoms with E-state index >= 15 is 0 Å². The molecule has 0 aliphatic carbocycles. The molecule has 2 aromatic carbocycles. The highest BCUT2D eigenvalue weighted by atomic mass is 19.1. The highest BCUT2D eigenvalue weighted by Crippen LogP contribution is 2.22. The number of nitrogens with one attached hydrogen (secondary N) is 2. The maximum Gasteiger partial charge on any atom is 0.322 e. The van der Waals surface area contributed by atoms with Crippen LogP contribution < -0.4 is 5.32 Å². The third kappa shape index (κ3) is 2.52. The summed E-state index contributed by atoms with van der Waals surface area (Å²) in [6, 6.07) is 13.2. The van der Waals surface area contributed by atoms with Gasteiger partial charge < -0.3 is 9.40 Å². The molecule has 1 amide bonds. The number of nitrogens with zero attached hydrogens (tertiary/aromatic N) is 2. The number of rotatable bonds is 3. The average molecular weight is 322 g/mol. The molecule has 0 aliphatic heterocycles. The number of hydrogen-bond donors (Lipinski definition) is 2. The average Bonchev–Trinajstić information content (AvgIpc) is 3.21. The summed E-state index contributed by atoms with van der Waals surface area (Å²) >= 11 is 0. The van der Waals surface area contributed by atoms with E-state index < -0.39 is 5.82 Å². The summed E-state index contributed by atoms with van der Waals surface area (Å²) in [5.41, 5.74) is 1.76. The fourth-order valence-corrected chi connectivity index (χ4v) is 2.44. The number of amides is 1. The SMILES string of the molecule is O=C(Nc1nnc(-c2cccc(F)c2)o1)c1c[nH]c2ccccc12. The number of anilines is 1. The molecular weight excluding hydrogens is 311 g/mol. The van der Waals surface area contributed by atoms with Crippen molar-refractivity contribution in [2.45, 2.75) is 0 Å². The number of fused-ring (bicyclic) bond motifs is 1. The molecule has 4 aromatic rings. The van der Waals surface area contributed by atoms with Crippen LogP contribution in [0.1, 0.15) is 10.4 Å². The van der Waals surface area contributed by atoms with Crippen molar-refractivity contribution in [3.63, 3.8) is 0 Å². The Morgan fingerprint density at radius 3 is 2.88 bits per heavy atom. The third-order valence-electron chi connectivity index (χ3n) is 3.55. The second kappa shape index (κ2) is 5.62. The van der Waals surface area contributed by atoms with Gasteiger partial charge in [0, 0.05) is 22.7 Å². The van der Waals surface area contributed by atoms with Gasteiger partial charge in [0.05, 0.1) is 5.56 Å². The van der Waals surface area contributed by atoms with Crippen molar-refractivity contribution < 1.29 is 13.6 Å². The Hall–Kier alpha value is -3.48. The maximum atomic E-state index is 13.2. The van der Waals surface area contributed by atoms with Gasteiger partial charge in [-0.15, -0.1) is 5.10 Å². The van der Waals surface area contributed by atoms with Crippen molar-refractivity contribution in [2.75, 3.05) is 5.32 Å². The number of H-pyrrole nitrogens is 1. The molecule has 7 heteroatoms. The van der Waals surface area contributed by atoms with E-state index in [1.54, 1.807) is 18.3 Å². The smallest absolute Gasteiger partial charge is 0.322 e. The number of halogens is 1. The van der Waals surface area contributed by atoms with Gasteiger partial charge in [0.2, 0.25) is 5.89 Å². The van der Waals surface area contributed by atoms with E-state index in [2.05, 4.69) is 20.5 Å². The van der Waals surface area contributed by atoms with E-state index in [0.29, 0.717) is 11.1 Å². The molecule has 24 heavy (non-hydrogen) atoms. The number of para-hydroxylation sites is 1. The Morgan fingerprint density at radius 2 is 2.00 bits per heavy atom. The lowest BCUT2D eigenvalue weighted by Crippen LogP contribution is -2.11. The lowest BCUT2D eigenvalue weighted by atomic mass is 10.2. The molecule has 2 N–H and O–H groups in total. The van der Waals surface area contributed by atoms with Crippen LogP contribution in [0.2, 0.25) is 0 Å². The molecule has 0 saturated carbocycles. The van der Waals surface area contributed by atoms with Gasteiger partial charge in [0.15, 0.2) is 0 Å². The van der Waals surface area contributed by atoms with Crippen molar-refractivity contribution in [2.24, 2.45) is 0 Å². The van der Waals surface area contributed by atoms with Gasteiger partial charge >= 0.3 is 6.01 Å². The second-order valence-corrected chi connectivity index (χ2v) is 5.12. The van der Waals surface area contributed by atoms with Crippen molar-refractivity contribution in [3.05, 3.63) is 66.1 Å². The van der Waals surface area contributed by atoms with E-state index in [1.807, 2.05) is 24.3 Å². The number of aromatic nitrogens is 3. The normalized spacial score (nSPS) is 10.9. The topological polar surface area (TPSA) is 83.8 Å². The molecule has 6 nitrogen and oxygen atoms in total. The van der Waals surface area contributed by atoms with Gasteiger partial charge in [-0.2, -0.15) is 0 Å². The van der Waals surface area contributed by atoms with Crippen LogP contribution >= 0.6 is 0 Å². The van der Waals surface area contributed by atoms with E-state index in [0.717, 1.165) is 10.9 Å². The Morgan fingerprint density at radius 1 is 1.12 bits per heavy atom. The van der Waals surface area contributed by atoms with Crippen LogP contribution in [0.3, 0.4) is 0 Å². The van der Waals surface area contributed by atoms with Crippen LogP contribution in [0.15, 0.2) is 59.1 Å². The Labute approximate surface area is 135 Å². The molecule has 2 heterocycles. The number of aromatic amines is 1. The first-order chi connectivity index (χ1) is 11.7. The van der Waals surface area contributed by atoms with Gasteiger partial charge in [-0.25, -0.2) is 4.39 Å². The molecule has 118 valence electrons. The van der Waals surface area contributed by atoms with E-state index in [4.69, 9.17) is 4.42 Å². The highest BCUT2D eigenvalue weighted by molar-refractivity contribution is 6.12. The third-order valence-corrected chi connectivity index (χ3v) is 3.55. The largest absolute Gasteiger partial charge is 0.403 e. The minimum atomic E-state index is -0.407. The summed E-state index contributed by atoms with van der Waals surface area (Å²) in [6.07, 6.45) is 1.61. The first-order valence-electron chi connectivity index (χ1n) is 7.17. The lowest BCUT2D eigenvalue weighted by molar-refractivity contribution is 0.102. The zero-order chi connectivity index (χ0) is 16.5. The van der Waals surface area contributed by atoms with Crippen LogP contribution in [-0.2, 0) is 0 Å². The predicted molar refractivity (Wildman–Crippen MR) is 85.9 cm³/mol. The standard InChI is InChI=1S/C17H11FN4O2/c18-11-5-3-4-10(8-11)16-21-22-17(24-16)20-15(23)13-9-19-14-7-2-1-6-12(13)14/h1-9,19H,(H,20,22,23). The highest BCUT2D eigenvalue weighted by Gasteiger charge is 2.16. The van der Waals surface area contributed by atoms with Crippen LogP contribution in [0.5, 0.6) is 0 Å². The lowest BCUT2D eigenvalue weighted by Gasteiger charge is -1.99. The Kier molecular flexibility index (Phi) is 3.31. The van der Waals surface area contributed by atoms with Gasteiger partial charge in [-0.05, 0) is 24.3 Å². The Balaban J connectivity index is 1.59. The molecule has 0 radical (unpaired) electrons. The molecule has 2 aromatic heterocycles. The fraction of sp³-hybridized carbons (Fsp3) is 0. The summed E-state index contributed by atoms with van der Waals surface area (Å²) in [6.45, 7) is 0. The molecular formula is C17H11FN4O2. The van der Waals surface area contributed by atoms with Crippen LogP contribution in [0, 0.1) is 5.82 Å². The first-order valence-corrected chi connectivity index (χ1v) is 7.17. The number of hydrogen-bond acceptors (Lipinski definition) is 4. The number of benzene rings is 2. The predicted octanol–water partition coefficient (Wildman–Crippen LogP) is 3.61. The maximum absolute atomic E-state index is 13.2. The molecule has 0 atom stereocenters. The van der Waals surface area contributed by atoms with Crippen LogP contribution in [0.25, 0.3) is 22.4 Å². The van der Waals surface area contributed by atoms with Crippen molar-refractivity contribution in [1.29, 1.82) is 0 Å². The minimum Gasteiger partial charge on any atom is -0.403 e. The van der Waals surface area contributed by atoms with Crippen molar-refractivity contribution in [1.82, 2.24) is 15.2 Å². The molecule has 0 saturated heterocycles. The summed E-state index contributed by atoms with van der Waals surface area (Å²) in [5.74, 6) is -0.652. The molecule has 0 fully saturated rings. The van der Waals surface area contributed by atoms with Gasteiger partial charge in [0.25, 0.3) is 5.91 Å². The van der Waals surface area contributed by atoms with E-state index in [-0.39, 0.29) is 17.8 Å². The minimum absolute atomic E-state index is 0.0513. The fourth-order valence-electron chi connectivity index (χ4n) is 2.44. The molecule has 0 spiro atoms. The number of carbonyl (C=O) groups is 1. The second-order valence-electron chi connectivity index (χ2n) is 5.12. The summed E-state index contributed by atoms with van der Waals surface area (Å²) in [4.78, 5) is 15.4. The van der Waals surface area contributed by atoms with Crippen molar-refractivity contribution >= 4 is 22.8 Å². The summed E-state index contributed by atoms with van der Waals surface area (Å²) in [7, 11) is 0. The van der Waals surface area contributed by atoms with Crippen LogP contribution in [-0.4, -0.2) is 21.1 Å². The molecule has 0 unspecified atom stereocenters. The molecule has 4 rings (SSSR count). The van der Waals surface area contributed by atoms with Gasteiger partial charge in [-0.1, -0.05) is 29.4 Å². The van der Waals surface area contributed by atoms with E-state index in [1.165, 1.54) is 12.1 Å². The summed E-state index contributed by atoms with van der Waals surface area (Å²) < 4.78 is 18.6. The van der Waals surface area contributed by atoms with Crippen LogP contribution in [0.4, 0.5) is 10.4 Å². The van der Waals surface area contributed by atoms with E-state index in [9.17, 15) is 9.18 Å². The quantitative estimate of drug-likeness (QED) is 0.603. The zero-order valence-corrected chi connectivity index (χ0v) is 12.3. The molecule has 0 aliphatic rings. The van der Waals surface area contributed by atoms with Crippen molar-refractivity contribution in [3.8, 4) is 11.5 Å². The molecule has 0 bridgehead atoms. The zero-order valence-electron chi connectivity index (χ0n) is 12.3. The Bertz CT molecular complexity index is 1040. The van der Waals surface area contributed by atoms with Gasteiger partial charge in [-0.3, -0.25) is 10.1 Å². The summed E-state index contributed by atoms with van der Waals surface area (Å²) in [5, 5.41) is 10.9. The number of carbonyl (C=O) groups excluding carboxylic acids is 1. The monoisotopic (exact) mass is 322 g/mol.